The fourth-order valence-electron chi connectivity index (χ4n) is 2.70. The van der Waals surface area contributed by atoms with Crippen molar-refractivity contribution >= 4 is 0 Å². The summed E-state index contributed by atoms with van der Waals surface area (Å²) >= 11 is 0. The third-order valence-corrected chi connectivity index (χ3v) is 3.75. The number of aryl methyl sites for hydroxylation is 1. The molecule has 0 bridgehead atoms. The molecule has 0 radical (unpaired) electrons. The van der Waals surface area contributed by atoms with Gasteiger partial charge in [-0.25, -0.2) is 0 Å². The second kappa shape index (κ2) is 7.84. The van der Waals surface area contributed by atoms with E-state index in [-0.39, 0.29) is 0 Å². The van der Waals surface area contributed by atoms with Crippen molar-refractivity contribution in [3.8, 4) is 5.75 Å². The number of aromatic hydroxyl groups is 1. The van der Waals surface area contributed by atoms with Gasteiger partial charge >= 0.3 is 0 Å². The largest absolute Gasteiger partial charge is 0.508 e. The van der Waals surface area contributed by atoms with Crippen LogP contribution in [0, 0.1) is 12.8 Å². The molecule has 0 spiro atoms. The second-order valence-electron chi connectivity index (χ2n) is 5.74. The monoisotopic (exact) mass is 283 g/mol. The van der Waals surface area contributed by atoms with Crippen LogP contribution in [0.15, 0.2) is 48.5 Å². The van der Waals surface area contributed by atoms with E-state index in [0.29, 0.717) is 11.7 Å². The molecule has 0 fully saturated rings. The molecule has 21 heavy (non-hydrogen) atoms. The number of benzene rings is 2. The first-order valence-electron chi connectivity index (χ1n) is 7.71. The SMILES string of the molecule is CCNCC(Cc1ccc(O)cc1)Cc1cccc(C)c1. The van der Waals surface area contributed by atoms with Gasteiger partial charge in [-0.3, -0.25) is 0 Å². The van der Waals surface area contributed by atoms with Gasteiger partial charge in [0.15, 0.2) is 0 Å². The summed E-state index contributed by atoms with van der Waals surface area (Å²) in [6, 6.07) is 16.3. The highest BCUT2D eigenvalue weighted by Crippen LogP contribution is 2.17. The molecule has 1 atom stereocenters. The van der Waals surface area contributed by atoms with E-state index in [0.717, 1.165) is 25.9 Å². The van der Waals surface area contributed by atoms with Gasteiger partial charge in [0.1, 0.15) is 5.75 Å². The van der Waals surface area contributed by atoms with E-state index >= 15 is 0 Å². The van der Waals surface area contributed by atoms with Gasteiger partial charge in [0.05, 0.1) is 0 Å². The number of phenols is 1. The lowest BCUT2D eigenvalue weighted by atomic mass is 9.92. The highest BCUT2D eigenvalue weighted by Gasteiger charge is 2.11. The lowest BCUT2D eigenvalue weighted by Crippen LogP contribution is -2.25. The molecule has 2 N–H and O–H groups in total. The van der Waals surface area contributed by atoms with Crippen molar-refractivity contribution in [2.45, 2.75) is 26.7 Å². The summed E-state index contributed by atoms with van der Waals surface area (Å²) < 4.78 is 0. The third-order valence-electron chi connectivity index (χ3n) is 3.75. The Kier molecular flexibility index (Phi) is 5.82. The van der Waals surface area contributed by atoms with Crippen LogP contribution in [0.1, 0.15) is 23.6 Å². The number of hydrogen-bond donors (Lipinski definition) is 2. The number of rotatable bonds is 7. The second-order valence-corrected chi connectivity index (χ2v) is 5.74. The Balaban J connectivity index is 2.04. The lowest BCUT2D eigenvalue weighted by Gasteiger charge is -2.18. The highest BCUT2D eigenvalue weighted by atomic mass is 16.3. The minimum absolute atomic E-state index is 0.334. The van der Waals surface area contributed by atoms with Crippen LogP contribution in [-0.2, 0) is 12.8 Å². The zero-order valence-electron chi connectivity index (χ0n) is 13.0. The highest BCUT2D eigenvalue weighted by molar-refractivity contribution is 5.27. The smallest absolute Gasteiger partial charge is 0.115 e. The lowest BCUT2D eigenvalue weighted by molar-refractivity contribution is 0.470. The third kappa shape index (κ3) is 5.24. The number of phenolic OH excluding ortho intramolecular Hbond substituents is 1. The molecule has 2 rings (SSSR count). The Hall–Kier alpha value is -1.80. The summed E-state index contributed by atoms with van der Waals surface area (Å²) in [7, 11) is 0. The van der Waals surface area contributed by atoms with Crippen LogP contribution >= 0.6 is 0 Å². The molecule has 0 aliphatic heterocycles. The summed E-state index contributed by atoms with van der Waals surface area (Å²) in [5.74, 6) is 0.900. The Morgan fingerprint density at radius 2 is 1.71 bits per heavy atom. The molecule has 1 unspecified atom stereocenters. The van der Waals surface area contributed by atoms with Crippen molar-refractivity contribution < 1.29 is 5.11 Å². The summed E-state index contributed by atoms with van der Waals surface area (Å²) in [5, 5.41) is 12.9. The molecule has 2 nitrogen and oxygen atoms in total. The van der Waals surface area contributed by atoms with Gasteiger partial charge in [-0.2, -0.15) is 0 Å². The van der Waals surface area contributed by atoms with Crippen molar-refractivity contribution in [2.75, 3.05) is 13.1 Å². The fraction of sp³-hybridized carbons (Fsp3) is 0.368. The van der Waals surface area contributed by atoms with Crippen LogP contribution in [-0.4, -0.2) is 18.2 Å². The molecular formula is C19H25NO. The van der Waals surface area contributed by atoms with Gasteiger partial charge < -0.3 is 10.4 Å². The van der Waals surface area contributed by atoms with Crippen molar-refractivity contribution in [2.24, 2.45) is 5.92 Å². The van der Waals surface area contributed by atoms with Crippen LogP contribution in [0.5, 0.6) is 5.75 Å². The van der Waals surface area contributed by atoms with E-state index in [1.807, 2.05) is 12.1 Å². The zero-order valence-corrected chi connectivity index (χ0v) is 13.0. The van der Waals surface area contributed by atoms with Crippen LogP contribution in [0.2, 0.25) is 0 Å². The summed E-state index contributed by atoms with van der Waals surface area (Å²) in [6.07, 6.45) is 2.11. The topological polar surface area (TPSA) is 32.3 Å². The maximum Gasteiger partial charge on any atom is 0.115 e. The molecular weight excluding hydrogens is 258 g/mol. The molecule has 0 aliphatic rings. The number of hydrogen-bond acceptors (Lipinski definition) is 2. The van der Waals surface area contributed by atoms with Crippen LogP contribution in [0.4, 0.5) is 0 Å². The van der Waals surface area contributed by atoms with Crippen molar-refractivity contribution in [3.05, 3.63) is 65.2 Å². The normalized spacial score (nSPS) is 12.3. The van der Waals surface area contributed by atoms with Crippen molar-refractivity contribution in [3.63, 3.8) is 0 Å². The Morgan fingerprint density at radius 3 is 2.38 bits per heavy atom. The van der Waals surface area contributed by atoms with Gasteiger partial charge in [-0.15, -0.1) is 0 Å². The van der Waals surface area contributed by atoms with Crippen LogP contribution in [0.25, 0.3) is 0 Å². The predicted octanol–water partition coefficient (Wildman–Crippen LogP) is 3.71. The summed E-state index contributed by atoms with van der Waals surface area (Å²) in [6.45, 7) is 6.30. The molecule has 2 aromatic carbocycles. The quantitative estimate of drug-likeness (QED) is 0.812. The van der Waals surface area contributed by atoms with Gasteiger partial charge in [0.2, 0.25) is 0 Å². The van der Waals surface area contributed by atoms with E-state index in [2.05, 4.69) is 43.4 Å². The minimum Gasteiger partial charge on any atom is -0.508 e. The van der Waals surface area contributed by atoms with E-state index < -0.39 is 0 Å². The van der Waals surface area contributed by atoms with E-state index in [1.165, 1.54) is 16.7 Å². The average Bonchev–Trinajstić information content (AvgIpc) is 2.47. The van der Waals surface area contributed by atoms with Gasteiger partial charge in [0, 0.05) is 0 Å². The first-order chi connectivity index (χ1) is 10.2. The van der Waals surface area contributed by atoms with E-state index in [9.17, 15) is 5.11 Å². The molecule has 0 saturated carbocycles. The van der Waals surface area contributed by atoms with Crippen LogP contribution in [0.3, 0.4) is 0 Å². The first kappa shape index (κ1) is 15.6. The molecule has 0 saturated heterocycles. The van der Waals surface area contributed by atoms with Crippen LogP contribution < -0.4 is 5.32 Å². The molecule has 0 heterocycles. The summed E-state index contributed by atoms with van der Waals surface area (Å²) in [5.41, 5.74) is 4.00. The number of nitrogens with one attached hydrogen (secondary N) is 1. The minimum atomic E-state index is 0.334. The molecule has 0 amide bonds. The van der Waals surface area contributed by atoms with Gasteiger partial charge in [-0.1, -0.05) is 48.9 Å². The van der Waals surface area contributed by atoms with E-state index in [4.69, 9.17) is 0 Å². The molecule has 0 aliphatic carbocycles. The summed E-state index contributed by atoms with van der Waals surface area (Å²) in [4.78, 5) is 0. The van der Waals surface area contributed by atoms with Gasteiger partial charge in [-0.05, 0) is 62.0 Å². The maximum absolute atomic E-state index is 9.39. The Morgan fingerprint density at radius 1 is 1.00 bits per heavy atom. The van der Waals surface area contributed by atoms with Gasteiger partial charge in [0.25, 0.3) is 0 Å². The molecule has 112 valence electrons. The maximum atomic E-state index is 9.39. The molecule has 0 aromatic heterocycles. The van der Waals surface area contributed by atoms with E-state index in [1.54, 1.807) is 12.1 Å². The Labute approximate surface area is 127 Å². The first-order valence-corrected chi connectivity index (χ1v) is 7.71. The standard InChI is InChI=1S/C19H25NO/c1-3-20-14-18(12-16-7-9-19(21)10-8-16)13-17-6-4-5-15(2)11-17/h4-11,18,20-21H,3,12-14H2,1-2H3. The zero-order chi connectivity index (χ0) is 15.1. The van der Waals surface area contributed by atoms with Crippen molar-refractivity contribution in [1.29, 1.82) is 0 Å². The molecule has 2 heteroatoms. The Bertz CT molecular complexity index is 548. The predicted molar refractivity (Wildman–Crippen MR) is 88.7 cm³/mol. The average molecular weight is 283 g/mol. The fourth-order valence-corrected chi connectivity index (χ4v) is 2.70. The van der Waals surface area contributed by atoms with Crippen molar-refractivity contribution in [1.82, 2.24) is 5.32 Å². The molecule has 2 aromatic rings.